The molecule has 5 nitrogen and oxygen atoms in total. The molecule has 1 aromatic carbocycles. The molecule has 0 spiro atoms. The highest BCUT2D eigenvalue weighted by molar-refractivity contribution is 5.92. The summed E-state index contributed by atoms with van der Waals surface area (Å²) >= 11 is 0. The molecule has 0 heterocycles. The molecule has 0 aliphatic carbocycles. The zero-order valence-electron chi connectivity index (χ0n) is 12.5. The van der Waals surface area contributed by atoms with Gasteiger partial charge in [0.1, 0.15) is 0 Å². The van der Waals surface area contributed by atoms with E-state index in [4.69, 9.17) is 0 Å². The molecule has 5 heteroatoms. The van der Waals surface area contributed by atoms with Crippen LogP contribution in [0.15, 0.2) is 24.3 Å². The van der Waals surface area contributed by atoms with Crippen molar-refractivity contribution in [2.24, 2.45) is 5.92 Å². The monoisotopic (exact) mass is 277 g/mol. The molecule has 0 aromatic heterocycles. The first-order chi connectivity index (χ1) is 9.43. The lowest BCUT2D eigenvalue weighted by Crippen LogP contribution is -2.39. The Balaban J connectivity index is 2.51. The number of benzene rings is 1. The molecule has 0 radical (unpaired) electrons. The molecule has 0 saturated heterocycles. The molecule has 1 rings (SSSR count). The second-order valence-corrected chi connectivity index (χ2v) is 5.07. The first-order valence-corrected chi connectivity index (χ1v) is 6.78. The third-order valence-corrected chi connectivity index (χ3v) is 3.04. The third kappa shape index (κ3) is 5.01. The summed E-state index contributed by atoms with van der Waals surface area (Å²) in [5.41, 5.74) is 1.76. The Kier molecular flexibility index (Phi) is 6.18. The summed E-state index contributed by atoms with van der Waals surface area (Å²) in [5, 5.41) is 8.55. The van der Waals surface area contributed by atoms with Crippen LogP contribution in [0.2, 0.25) is 0 Å². The summed E-state index contributed by atoms with van der Waals surface area (Å²) in [6.45, 7) is 5.98. The van der Waals surface area contributed by atoms with E-state index in [-0.39, 0.29) is 23.8 Å². The van der Waals surface area contributed by atoms with E-state index in [2.05, 4.69) is 16.0 Å². The Morgan fingerprint density at radius 3 is 2.15 bits per heavy atom. The van der Waals surface area contributed by atoms with Crippen molar-refractivity contribution >= 4 is 17.5 Å². The predicted molar refractivity (Wildman–Crippen MR) is 80.3 cm³/mol. The SMILES string of the molecule is CNC(C)C(=O)NCc1ccc(NC(=O)C(C)C)cc1. The summed E-state index contributed by atoms with van der Waals surface area (Å²) < 4.78 is 0. The summed E-state index contributed by atoms with van der Waals surface area (Å²) in [7, 11) is 1.75. The minimum atomic E-state index is -0.209. The molecular weight excluding hydrogens is 254 g/mol. The number of hydrogen-bond acceptors (Lipinski definition) is 3. The van der Waals surface area contributed by atoms with Crippen LogP contribution in [0.1, 0.15) is 26.3 Å². The van der Waals surface area contributed by atoms with Crippen molar-refractivity contribution in [1.82, 2.24) is 10.6 Å². The lowest BCUT2D eigenvalue weighted by molar-refractivity contribution is -0.122. The van der Waals surface area contributed by atoms with Crippen molar-refractivity contribution in [3.8, 4) is 0 Å². The van der Waals surface area contributed by atoms with Crippen LogP contribution in [0.5, 0.6) is 0 Å². The van der Waals surface area contributed by atoms with E-state index in [1.165, 1.54) is 0 Å². The normalized spacial score (nSPS) is 12.1. The molecule has 0 fully saturated rings. The van der Waals surface area contributed by atoms with Gasteiger partial charge in [0, 0.05) is 18.2 Å². The molecule has 20 heavy (non-hydrogen) atoms. The average Bonchev–Trinajstić information content (AvgIpc) is 2.45. The molecule has 1 unspecified atom stereocenters. The number of amides is 2. The highest BCUT2D eigenvalue weighted by atomic mass is 16.2. The first kappa shape index (κ1) is 16.2. The Morgan fingerprint density at radius 2 is 1.65 bits per heavy atom. The minimum Gasteiger partial charge on any atom is -0.351 e. The molecule has 2 amide bonds. The van der Waals surface area contributed by atoms with Crippen molar-refractivity contribution in [2.75, 3.05) is 12.4 Å². The highest BCUT2D eigenvalue weighted by Gasteiger charge is 2.09. The summed E-state index contributed by atoms with van der Waals surface area (Å²) in [4.78, 5) is 23.1. The van der Waals surface area contributed by atoms with E-state index in [1.54, 1.807) is 14.0 Å². The summed E-state index contributed by atoms with van der Waals surface area (Å²) in [5.74, 6) is -0.0874. The van der Waals surface area contributed by atoms with Gasteiger partial charge in [-0.05, 0) is 31.7 Å². The van der Waals surface area contributed by atoms with Crippen molar-refractivity contribution in [1.29, 1.82) is 0 Å². The second kappa shape index (κ2) is 7.65. The number of carbonyl (C=O) groups excluding carboxylic acids is 2. The van der Waals surface area contributed by atoms with Gasteiger partial charge in [0.2, 0.25) is 11.8 Å². The number of rotatable bonds is 6. The molecule has 1 atom stereocenters. The average molecular weight is 277 g/mol. The molecule has 0 aliphatic heterocycles. The van der Waals surface area contributed by atoms with E-state index in [1.807, 2.05) is 38.1 Å². The van der Waals surface area contributed by atoms with Crippen LogP contribution in [-0.2, 0) is 16.1 Å². The zero-order chi connectivity index (χ0) is 15.1. The van der Waals surface area contributed by atoms with E-state index in [9.17, 15) is 9.59 Å². The standard InChI is InChI=1S/C15H23N3O2/c1-10(2)14(19)18-13-7-5-12(6-8-13)9-17-15(20)11(3)16-4/h5-8,10-11,16H,9H2,1-4H3,(H,17,20)(H,18,19). The second-order valence-electron chi connectivity index (χ2n) is 5.07. The van der Waals surface area contributed by atoms with Crippen LogP contribution in [-0.4, -0.2) is 24.9 Å². The molecule has 3 N–H and O–H groups in total. The molecule has 0 saturated carbocycles. The van der Waals surface area contributed by atoms with Crippen LogP contribution >= 0.6 is 0 Å². The Morgan fingerprint density at radius 1 is 1.05 bits per heavy atom. The van der Waals surface area contributed by atoms with Crippen molar-refractivity contribution in [3.63, 3.8) is 0 Å². The van der Waals surface area contributed by atoms with Gasteiger partial charge in [-0.1, -0.05) is 26.0 Å². The fourth-order valence-corrected chi connectivity index (χ4v) is 1.47. The Bertz CT molecular complexity index is 455. The minimum absolute atomic E-state index is 0.00565. The largest absolute Gasteiger partial charge is 0.351 e. The fraction of sp³-hybridized carbons (Fsp3) is 0.467. The molecule has 0 aliphatic rings. The van der Waals surface area contributed by atoms with Gasteiger partial charge in [-0.2, -0.15) is 0 Å². The fourth-order valence-electron chi connectivity index (χ4n) is 1.47. The predicted octanol–water partition coefficient (Wildman–Crippen LogP) is 1.51. The smallest absolute Gasteiger partial charge is 0.237 e. The van der Waals surface area contributed by atoms with Gasteiger partial charge in [-0.25, -0.2) is 0 Å². The first-order valence-electron chi connectivity index (χ1n) is 6.78. The molecule has 0 bridgehead atoms. The number of nitrogens with one attached hydrogen (secondary N) is 3. The van der Waals surface area contributed by atoms with Crippen molar-refractivity contribution in [2.45, 2.75) is 33.4 Å². The topological polar surface area (TPSA) is 70.2 Å². The van der Waals surface area contributed by atoms with Gasteiger partial charge < -0.3 is 16.0 Å². The van der Waals surface area contributed by atoms with Crippen LogP contribution in [0.25, 0.3) is 0 Å². The van der Waals surface area contributed by atoms with Gasteiger partial charge in [-0.15, -0.1) is 0 Å². The van der Waals surface area contributed by atoms with Crippen LogP contribution in [0.3, 0.4) is 0 Å². The maximum absolute atomic E-state index is 11.6. The van der Waals surface area contributed by atoms with Crippen molar-refractivity contribution < 1.29 is 9.59 Å². The van der Waals surface area contributed by atoms with Gasteiger partial charge in [0.15, 0.2) is 0 Å². The number of carbonyl (C=O) groups is 2. The van der Waals surface area contributed by atoms with E-state index < -0.39 is 0 Å². The third-order valence-electron chi connectivity index (χ3n) is 3.04. The number of anilines is 1. The van der Waals surface area contributed by atoms with Crippen LogP contribution < -0.4 is 16.0 Å². The Labute approximate surface area is 120 Å². The quantitative estimate of drug-likeness (QED) is 0.738. The molecule has 110 valence electrons. The van der Waals surface area contributed by atoms with Gasteiger partial charge in [0.25, 0.3) is 0 Å². The lowest BCUT2D eigenvalue weighted by atomic mass is 10.1. The van der Waals surface area contributed by atoms with E-state index in [0.717, 1.165) is 11.3 Å². The maximum Gasteiger partial charge on any atom is 0.237 e. The maximum atomic E-state index is 11.6. The Hall–Kier alpha value is -1.88. The van der Waals surface area contributed by atoms with E-state index >= 15 is 0 Å². The number of hydrogen-bond donors (Lipinski definition) is 3. The lowest BCUT2D eigenvalue weighted by Gasteiger charge is -2.12. The van der Waals surface area contributed by atoms with Gasteiger partial charge >= 0.3 is 0 Å². The van der Waals surface area contributed by atoms with Crippen molar-refractivity contribution in [3.05, 3.63) is 29.8 Å². The molecular formula is C15H23N3O2. The zero-order valence-corrected chi connectivity index (χ0v) is 12.5. The van der Waals surface area contributed by atoms with Crippen LogP contribution in [0, 0.1) is 5.92 Å². The summed E-state index contributed by atoms with van der Waals surface area (Å²) in [6, 6.07) is 7.24. The summed E-state index contributed by atoms with van der Waals surface area (Å²) in [6.07, 6.45) is 0. The number of likely N-dealkylation sites (N-methyl/N-ethyl adjacent to an activating group) is 1. The highest BCUT2D eigenvalue weighted by Crippen LogP contribution is 2.10. The van der Waals surface area contributed by atoms with Gasteiger partial charge in [-0.3, -0.25) is 9.59 Å². The molecule has 1 aromatic rings. The van der Waals surface area contributed by atoms with Crippen LogP contribution in [0.4, 0.5) is 5.69 Å². The van der Waals surface area contributed by atoms with Gasteiger partial charge in [0.05, 0.1) is 6.04 Å². The van der Waals surface area contributed by atoms with E-state index in [0.29, 0.717) is 6.54 Å².